The van der Waals surface area contributed by atoms with Crippen molar-refractivity contribution in [1.82, 2.24) is 10.2 Å². The molecular formula is C14H28N2O2S. The number of rotatable bonds is 6. The minimum absolute atomic E-state index is 0.239. The molecule has 2 unspecified atom stereocenters. The van der Waals surface area contributed by atoms with E-state index < -0.39 is 9.84 Å². The molecule has 0 aromatic rings. The van der Waals surface area contributed by atoms with Gasteiger partial charge in [-0.05, 0) is 45.6 Å². The van der Waals surface area contributed by atoms with Gasteiger partial charge in [-0.25, -0.2) is 8.42 Å². The van der Waals surface area contributed by atoms with Crippen LogP contribution in [-0.4, -0.2) is 56.0 Å². The molecule has 2 aliphatic rings. The highest BCUT2D eigenvalue weighted by atomic mass is 32.2. The third-order valence-electron chi connectivity index (χ3n) is 4.81. The highest BCUT2D eigenvalue weighted by Gasteiger charge is 2.47. The molecule has 0 aromatic heterocycles. The van der Waals surface area contributed by atoms with E-state index in [-0.39, 0.29) is 11.3 Å². The molecule has 0 amide bonds. The number of piperazine rings is 1. The van der Waals surface area contributed by atoms with Crippen LogP contribution in [-0.2, 0) is 9.84 Å². The average molecular weight is 288 g/mol. The molecule has 1 saturated carbocycles. The molecule has 19 heavy (non-hydrogen) atoms. The van der Waals surface area contributed by atoms with Crippen molar-refractivity contribution in [3.63, 3.8) is 0 Å². The maximum Gasteiger partial charge on any atom is 0.150 e. The standard InChI is InChI=1S/C14H28N2O2S/c1-4-19(17,18)9-5-8-16-10-12(2)15-11-14(16,3)13-6-7-13/h12-13,15H,4-11H2,1-3H3. The zero-order valence-electron chi connectivity index (χ0n) is 12.5. The van der Waals surface area contributed by atoms with Crippen LogP contribution in [0.1, 0.15) is 40.0 Å². The Kier molecular flexibility index (Phi) is 4.58. The van der Waals surface area contributed by atoms with Crippen molar-refractivity contribution in [2.75, 3.05) is 31.1 Å². The van der Waals surface area contributed by atoms with Crippen LogP contribution in [0.15, 0.2) is 0 Å². The molecule has 1 heterocycles. The van der Waals surface area contributed by atoms with Gasteiger partial charge in [0.25, 0.3) is 0 Å². The van der Waals surface area contributed by atoms with E-state index in [1.807, 2.05) is 0 Å². The van der Waals surface area contributed by atoms with Crippen LogP contribution in [0.4, 0.5) is 0 Å². The Balaban J connectivity index is 1.91. The van der Waals surface area contributed by atoms with Crippen LogP contribution >= 0.6 is 0 Å². The van der Waals surface area contributed by atoms with E-state index in [9.17, 15) is 8.42 Å². The van der Waals surface area contributed by atoms with Crippen LogP contribution in [0.25, 0.3) is 0 Å². The fraction of sp³-hybridized carbons (Fsp3) is 1.00. The summed E-state index contributed by atoms with van der Waals surface area (Å²) >= 11 is 0. The molecule has 0 aromatic carbocycles. The second-order valence-electron chi connectivity index (χ2n) is 6.45. The molecule has 1 saturated heterocycles. The van der Waals surface area contributed by atoms with E-state index in [0.29, 0.717) is 11.8 Å². The Hall–Kier alpha value is -0.130. The fourth-order valence-electron chi connectivity index (χ4n) is 3.17. The van der Waals surface area contributed by atoms with E-state index in [1.54, 1.807) is 6.92 Å². The lowest BCUT2D eigenvalue weighted by atomic mass is 9.89. The van der Waals surface area contributed by atoms with E-state index in [2.05, 4.69) is 24.1 Å². The lowest BCUT2D eigenvalue weighted by molar-refractivity contribution is 0.0387. The summed E-state index contributed by atoms with van der Waals surface area (Å²) in [5.74, 6) is 1.41. The number of nitrogens with zero attached hydrogens (tertiary/aromatic N) is 1. The quantitative estimate of drug-likeness (QED) is 0.800. The molecule has 0 radical (unpaired) electrons. The van der Waals surface area contributed by atoms with Crippen molar-refractivity contribution < 1.29 is 8.42 Å². The van der Waals surface area contributed by atoms with Crippen LogP contribution in [0.5, 0.6) is 0 Å². The summed E-state index contributed by atoms with van der Waals surface area (Å²) in [6.07, 6.45) is 3.43. The molecule has 2 atom stereocenters. The first-order valence-electron chi connectivity index (χ1n) is 7.56. The Morgan fingerprint density at radius 3 is 2.63 bits per heavy atom. The molecule has 1 aliphatic heterocycles. The summed E-state index contributed by atoms with van der Waals surface area (Å²) in [7, 11) is -2.82. The molecule has 2 fully saturated rings. The smallest absolute Gasteiger partial charge is 0.150 e. The minimum atomic E-state index is -2.82. The number of sulfone groups is 1. The third kappa shape index (κ3) is 3.70. The second kappa shape index (κ2) is 5.70. The predicted molar refractivity (Wildman–Crippen MR) is 79.1 cm³/mol. The summed E-state index contributed by atoms with van der Waals surface area (Å²) < 4.78 is 23.2. The van der Waals surface area contributed by atoms with Gasteiger partial charge in [0.2, 0.25) is 0 Å². The predicted octanol–water partition coefficient (Wildman–Crippen LogP) is 1.27. The van der Waals surface area contributed by atoms with Gasteiger partial charge >= 0.3 is 0 Å². The van der Waals surface area contributed by atoms with Gasteiger partial charge in [-0.2, -0.15) is 0 Å². The van der Waals surface area contributed by atoms with Crippen LogP contribution < -0.4 is 5.32 Å². The average Bonchev–Trinajstić information content (AvgIpc) is 3.18. The summed E-state index contributed by atoms with van der Waals surface area (Å²) in [5.41, 5.74) is 0.239. The highest BCUT2D eigenvalue weighted by molar-refractivity contribution is 7.91. The summed E-state index contributed by atoms with van der Waals surface area (Å²) in [4.78, 5) is 2.54. The molecule has 5 heteroatoms. The molecule has 0 bridgehead atoms. The number of nitrogens with one attached hydrogen (secondary N) is 1. The zero-order valence-corrected chi connectivity index (χ0v) is 13.3. The number of hydrogen-bond donors (Lipinski definition) is 1. The SMILES string of the molecule is CCS(=O)(=O)CCCN1CC(C)NCC1(C)C1CC1. The van der Waals surface area contributed by atoms with Gasteiger partial charge in [0.15, 0.2) is 0 Å². The van der Waals surface area contributed by atoms with Crippen molar-refractivity contribution in [1.29, 1.82) is 0 Å². The van der Waals surface area contributed by atoms with Gasteiger partial charge < -0.3 is 5.32 Å². The van der Waals surface area contributed by atoms with Crippen molar-refractivity contribution >= 4 is 9.84 Å². The molecule has 0 spiro atoms. The van der Waals surface area contributed by atoms with Gasteiger partial charge in [0.05, 0.1) is 5.75 Å². The van der Waals surface area contributed by atoms with Crippen LogP contribution in [0.3, 0.4) is 0 Å². The second-order valence-corrected chi connectivity index (χ2v) is 8.92. The van der Waals surface area contributed by atoms with Gasteiger partial charge in [-0.15, -0.1) is 0 Å². The Labute approximate surface area is 117 Å². The molecule has 4 nitrogen and oxygen atoms in total. The van der Waals surface area contributed by atoms with Crippen molar-refractivity contribution in [3.8, 4) is 0 Å². The van der Waals surface area contributed by atoms with Crippen molar-refractivity contribution in [3.05, 3.63) is 0 Å². The lowest BCUT2D eigenvalue weighted by Crippen LogP contribution is -2.63. The van der Waals surface area contributed by atoms with Gasteiger partial charge in [0.1, 0.15) is 9.84 Å². The van der Waals surface area contributed by atoms with Gasteiger partial charge in [-0.1, -0.05) is 6.92 Å². The Bertz CT molecular complexity index is 406. The van der Waals surface area contributed by atoms with Crippen molar-refractivity contribution in [2.24, 2.45) is 5.92 Å². The fourth-order valence-corrected chi connectivity index (χ4v) is 4.03. The molecular weight excluding hydrogens is 260 g/mol. The molecule has 112 valence electrons. The first kappa shape index (κ1) is 15.3. The summed E-state index contributed by atoms with van der Waals surface area (Å²) in [6.45, 7) is 9.29. The number of hydrogen-bond acceptors (Lipinski definition) is 4. The third-order valence-corrected chi connectivity index (χ3v) is 6.60. The summed E-state index contributed by atoms with van der Waals surface area (Å²) in [6, 6.07) is 0.509. The lowest BCUT2D eigenvalue weighted by Gasteiger charge is -2.48. The van der Waals surface area contributed by atoms with Crippen LogP contribution in [0, 0.1) is 5.92 Å². The normalized spacial score (nSPS) is 33.5. The summed E-state index contributed by atoms with van der Waals surface area (Å²) in [5, 5.41) is 3.58. The first-order chi connectivity index (χ1) is 8.87. The maximum atomic E-state index is 11.6. The molecule has 2 rings (SSSR count). The Morgan fingerprint density at radius 2 is 2.05 bits per heavy atom. The van der Waals surface area contributed by atoms with E-state index >= 15 is 0 Å². The highest BCUT2D eigenvalue weighted by Crippen LogP contribution is 2.43. The van der Waals surface area contributed by atoms with E-state index in [0.717, 1.165) is 32.0 Å². The topological polar surface area (TPSA) is 49.4 Å². The van der Waals surface area contributed by atoms with E-state index in [4.69, 9.17) is 0 Å². The largest absolute Gasteiger partial charge is 0.311 e. The van der Waals surface area contributed by atoms with Gasteiger partial charge in [0, 0.05) is 30.4 Å². The minimum Gasteiger partial charge on any atom is -0.311 e. The van der Waals surface area contributed by atoms with E-state index in [1.165, 1.54) is 12.8 Å². The molecule has 1 aliphatic carbocycles. The monoisotopic (exact) mass is 288 g/mol. The Morgan fingerprint density at radius 1 is 1.37 bits per heavy atom. The van der Waals surface area contributed by atoms with Crippen molar-refractivity contribution in [2.45, 2.75) is 51.6 Å². The zero-order chi connectivity index (χ0) is 14.1. The maximum absolute atomic E-state index is 11.6. The molecule has 1 N–H and O–H groups in total. The van der Waals surface area contributed by atoms with Gasteiger partial charge in [-0.3, -0.25) is 4.90 Å². The first-order valence-corrected chi connectivity index (χ1v) is 9.38. The van der Waals surface area contributed by atoms with Crippen LogP contribution in [0.2, 0.25) is 0 Å².